The SMILES string of the molecule is CCCCOc1ccc(-c2nc(C)c(C(=O)O)s2)cc1C=O. The number of unbranched alkanes of at least 4 members (excludes halogenated alkanes) is 1. The topological polar surface area (TPSA) is 76.5 Å². The van der Waals surface area contributed by atoms with Crippen molar-refractivity contribution >= 4 is 23.6 Å². The first-order valence-corrected chi connectivity index (χ1v) is 7.81. The molecule has 2 rings (SSSR count). The number of carbonyl (C=O) groups is 2. The average molecular weight is 319 g/mol. The Bertz CT molecular complexity index is 693. The lowest BCUT2D eigenvalue weighted by molar-refractivity contribution is 0.0701. The lowest BCUT2D eigenvalue weighted by Gasteiger charge is -2.08. The van der Waals surface area contributed by atoms with E-state index in [0.29, 0.717) is 34.2 Å². The minimum Gasteiger partial charge on any atom is -0.493 e. The van der Waals surface area contributed by atoms with E-state index < -0.39 is 5.97 Å². The molecule has 0 unspecified atom stereocenters. The molecule has 0 bridgehead atoms. The fourth-order valence-electron chi connectivity index (χ4n) is 1.95. The average Bonchev–Trinajstić information content (AvgIpc) is 2.90. The van der Waals surface area contributed by atoms with Crippen LogP contribution < -0.4 is 4.74 Å². The van der Waals surface area contributed by atoms with E-state index >= 15 is 0 Å². The highest BCUT2D eigenvalue weighted by Crippen LogP contribution is 2.31. The summed E-state index contributed by atoms with van der Waals surface area (Å²) in [7, 11) is 0. The van der Waals surface area contributed by atoms with Crippen LogP contribution in [0, 0.1) is 6.92 Å². The lowest BCUT2D eigenvalue weighted by Crippen LogP contribution is -1.99. The zero-order valence-electron chi connectivity index (χ0n) is 12.5. The van der Waals surface area contributed by atoms with Crippen LogP contribution in [0.1, 0.15) is 45.5 Å². The summed E-state index contributed by atoms with van der Waals surface area (Å²) in [4.78, 5) is 26.8. The summed E-state index contributed by atoms with van der Waals surface area (Å²) in [6.07, 6.45) is 2.68. The van der Waals surface area contributed by atoms with E-state index in [2.05, 4.69) is 11.9 Å². The smallest absolute Gasteiger partial charge is 0.347 e. The zero-order valence-corrected chi connectivity index (χ0v) is 13.3. The molecule has 1 heterocycles. The van der Waals surface area contributed by atoms with Crippen molar-refractivity contribution in [2.45, 2.75) is 26.7 Å². The predicted molar refractivity (Wildman–Crippen MR) is 85.0 cm³/mol. The van der Waals surface area contributed by atoms with Crippen molar-refractivity contribution in [3.8, 4) is 16.3 Å². The van der Waals surface area contributed by atoms with Crippen LogP contribution >= 0.6 is 11.3 Å². The molecule has 5 nitrogen and oxygen atoms in total. The summed E-state index contributed by atoms with van der Waals surface area (Å²) >= 11 is 1.10. The number of thiazole rings is 1. The van der Waals surface area contributed by atoms with Gasteiger partial charge < -0.3 is 9.84 Å². The lowest BCUT2D eigenvalue weighted by atomic mass is 10.1. The standard InChI is InChI=1S/C16H17NO4S/c1-3-4-7-21-13-6-5-11(8-12(13)9-18)15-17-10(2)14(22-15)16(19)20/h5-6,8-9H,3-4,7H2,1-2H3,(H,19,20). The molecule has 0 spiro atoms. The van der Waals surface area contributed by atoms with Gasteiger partial charge in [-0.25, -0.2) is 9.78 Å². The van der Waals surface area contributed by atoms with Crippen LogP contribution in [0.3, 0.4) is 0 Å². The van der Waals surface area contributed by atoms with Crippen molar-refractivity contribution in [1.82, 2.24) is 4.98 Å². The number of benzene rings is 1. The molecular weight excluding hydrogens is 302 g/mol. The highest BCUT2D eigenvalue weighted by molar-refractivity contribution is 7.17. The summed E-state index contributed by atoms with van der Waals surface area (Å²) < 4.78 is 5.58. The first-order chi connectivity index (χ1) is 10.6. The van der Waals surface area contributed by atoms with Crippen molar-refractivity contribution in [3.05, 3.63) is 34.3 Å². The second kappa shape index (κ2) is 7.17. The van der Waals surface area contributed by atoms with Gasteiger partial charge in [-0.1, -0.05) is 13.3 Å². The molecule has 0 amide bonds. The Hall–Kier alpha value is -2.21. The maximum atomic E-state index is 11.2. The number of aldehydes is 1. The molecule has 2 aromatic rings. The number of aromatic nitrogens is 1. The molecule has 116 valence electrons. The Kier molecular flexibility index (Phi) is 5.27. The quantitative estimate of drug-likeness (QED) is 0.620. The van der Waals surface area contributed by atoms with Gasteiger partial charge in [-0.15, -0.1) is 11.3 Å². The van der Waals surface area contributed by atoms with Gasteiger partial charge in [-0.05, 0) is 31.5 Å². The molecule has 0 fully saturated rings. The first kappa shape index (κ1) is 16.2. The third-order valence-corrected chi connectivity index (χ3v) is 4.32. The number of hydrogen-bond donors (Lipinski definition) is 1. The van der Waals surface area contributed by atoms with Crippen LogP contribution in [0.2, 0.25) is 0 Å². The van der Waals surface area contributed by atoms with Gasteiger partial charge in [0.25, 0.3) is 0 Å². The van der Waals surface area contributed by atoms with E-state index in [-0.39, 0.29) is 4.88 Å². The van der Waals surface area contributed by atoms with Gasteiger partial charge in [0.2, 0.25) is 0 Å². The summed E-state index contributed by atoms with van der Waals surface area (Å²) in [5.41, 5.74) is 1.63. The molecule has 1 aromatic carbocycles. The number of carboxylic acid groups (broad SMARTS) is 1. The third-order valence-electron chi connectivity index (χ3n) is 3.13. The fourth-order valence-corrected chi connectivity index (χ4v) is 2.85. The summed E-state index contributed by atoms with van der Waals surface area (Å²) in [5, 5.41) is 9.67. The molecule has 22 heavy (non-hydrogen) atoms. The van der Waals surface area contributed by atoms with Crippen LogP contribution in [-0.4, -0.2) is 29.0 Å². The molecule has 0 saturated carbocycles. The Morgan fingerprint density at radius 1 is 1.45 bits per heavy atom. The second-order valence-electron chi connectivity index (χ2n) is 4.81. The molecule has 1 N–H and O–H groups in total. The van der Waals surface area contributed by atoms with Crippen LogP contribution in [-0.2, 0) is 0 Å². The third kappa shape index (κ3) is 3.51. The molecule has 0 aliphatic heterocycles. The maximum absolute atomic E-state index is 11.2. The summed E-state index contributed by atoms with van der Waals surface area (Å²) in [5.74, 6) is -0.449. The monoisotopic (exact) mass is 319 g/mol. The Morgan fingerprint density at radius 2 is 2.23 bits per heavy atom. The molecular formula is C16H17NO4S. The van der Waals surface area contributed by atoms with Crippen molar-refractivity contribution < 1.29 is 19.4 Å². The van der Waals surface area contributed by atoms with Crippen molar-refractivity contribution in [2.24, 2.45) is 0 Å². The number of hydrogen-bond acceptors (Lipinski definition) is 5. The number of aromatic carboxylic acids is 1. The Balaban J connectivity index is 2.31. The van der Waals surface area contributed by atoms with Gasteiger partial charge in [0.15, 0.2) is 6.29 Å². The van der Waals surface area contributed by atoms with Gasteiger partial charge in [0.05, 0.1) is 17.9 Å². The van der Waals surface area contributed by atoms with E-state index in [1.807, 2.05) is 0 Å². The number of carbonyl (C=O) groups excluding carboxylic acids is 1. The van der Waals surface area contributed by atoms with E-state index in [9.17, 15) is 9.59 Å². The van der Waals surface area contributed by atoms with E-state index in [0.717, 1.165) is 30.5 Å². The summed E-state index contributed by atoms with van der Waals surface area (Å²) in [6.45, 7) is 4.29. The number of carboxylic acids is 1. The van der Waals surface area contributed by atoms with Crippen molar-refractivity contribution in [1.29, 1.82) is 0 Å². The normalized spacial score (nSPS) is 10.5. The van der Waals surface area contributed by atoms with Crippen LogP contribution in [0.4, 0.5) is 0 Å². The largest absolute Gasteiger partial charge is 0.493 e. The van der Waals surface area contributed by atoms with E-state index in [1.54, 1.807) is 25.1 Å². The Morgan fingerprint density at radius 3 is 2.82 bits per heavy atom. The number of nitrogens with zero attached hydrogens (tertiary/aromatic N) is 1. The molecule has 6 heteroatoms. The van der Waals surface area contributed by atoms with Gasteiger partial charge in [-0.2, -0.15) is 0 Å². The molecule has 1 aromatic heterocycles. The van der Waals surface area contributed by atoms with E-state index in [4.69, 9.17) is 9.84 Å². The van der Waals surface area contributed by atoms with Crippen LogP contribution in [0.25, 0.3) is 10.6 Å². The first-order valence-electron chi connectivity index (χ1n) is 7.00. The predicted octanol–water partition coefficient (Wildman–Crippen LogP) is 3.81. The van der Waals surface area contributed by atoms with Crippen LogP contribution in [0.15, 0.2) is 18.2 Å². The fraction of sp³-hybridized carbons (Fsp3) is 0.312. The summed E-state index contributed by atoms with van der Waals surface area (Å²) in [6, 6.07) is 5.20. The van der Waals surface area contributed by atoms with Crippen molar-refractivity contribution in [3.63, 3.8) is 0 Å². The number of ether oxygens (including phenoxy) is 1. The van der Waals surface area contributed by atoms with Gasteiger partial charge in [0.1, 0.15) is 15.6 Å². The highest BCUT2D eigenvalue weighted by Gasteiger charge is 2.16. The minimum atomic E-state index is -0.989. The van der Waals surface area contributed by atoms with E-state index in [1.165, 1.54) is 0 Å². The maximum Gasteiger partial charge on any atom is 0.347 e. The Labute approximate surface area is 132 Å². The highest BCUT2D eigenvalue weighted by atomic mass is 32.1. The second-order valence-corrected chi connectivity index (χ2v) is 5.81. The molecule has 0 saturated heterocycles. The van der Waals surface area contributed by atoms with Crippen LogP contribution in [0.5, 0.6) is 5.75 Å². The van der Waals surface area contributed by atoms with Gasteiger partial charge >= 0.3 is 5.97 Å². The zero-order chi connectivity index (χ0) is 16.1. The molecule has 0 atom stereocenters. The number of rotatable bonds is 7. The van der Waals surface area contributed by atoms with Crippen molar-refractivity contribution in [2.75, 3.05) is 6.61 Å². The van der Waals surface area contributed by atoms with Gasteiger partial charge in [0, 0.05) is 5.56 Å². The number of aryl methyl sites for hydroxylation is 1. The minimum absolute atomic E-state index is 0.214. The molecule has 0 aliphatic rings. The van der Waals surface area contributed by atoms with Gasteiger partial charge in [-0.3, -0.25) is 4.79 Å². The molecule has 0 radical (unpaired) electrons. The molecule has 0 aliphatic carbocycles.